The van der Waals surface area contributed by atoms with Crippen LogP contribution in [0.2, 0.25) is 5.02 Å². The molecule has 0 aliphatic heterocycles. The Hall–Kier alpha value is -0.780. The molecular weight excluding hydrogens is 274 g/mol. The van der Waals surface area contributed by atoms with E-state index in [0.717, 1.165) is 18.4 Å². The highest BCUT2D eigenvalue weighted by molar-refractivity contribution is 7.90. The van der Waals surface area contributed by atoms with Crippen LogP contribution in [-0.2, 0) is 16.6 Å². The molecule has 1 aromatic carbocycles. The van der Waals surface area contributed by atoms with Crippen LogP contribution < -0.4 is 9.46 Å². The van der Waals surface area contributed by atoms with E-state index in [2.05, 4.69) is 4.72 Å². The van der Waals surface area contributed by atoms with Crippen LogP contribution in [0.1, 0.15) is 25.3 Å². The molecule has 0 aromatic heterocycles. The second-order valence-corrected chi connectivity index (χ2v) is 6.72. The van der Waals surface area contributed by atoms with Gasteiger partial charge in [0.2, 0.25) is 10.0 Å². The maximum absolute atomic E-state index is 11.7. The van der Waals surface area contributed by atoms with Gasteiger partial charge in [-0.25, -0.2) is 13.1 Å². The maximum atomic E-state index is 11.7. The highest BCUT2D eigenvalue weighted by Crippen LogP contribution is 2.28. The number of hydrogen-bond acceptors (Lipinski definition) is 3. The van der Waals surface area contributed by atoms with E-state index in [1.54, 1.807) is 12.1 Å². The number of benzene rings is 1. The molecule has 2 rings (SSSR count). The first-order chi connectivity index (χ1) is 8.53. The third kappa shape index (κ3) is 3.37. The summed E-state index contributed by atoms with van der Waals surface area (Å²) in [5.41, 5.74) is 0.827. The molecule has 0 unspecified atom stereocenters. The molecule has 1 aliphatic carbocycles. The van der Waals surface area contributed by atoms with E-state index < -0.39 is 10.0 Å². The van der Waals surface area contributed by atoms with Gasteiger partial charge in [0.25, 0.3) is 0 Å². The first kappa shape index (κ1) is 13.6. The zero-order valence-corrected chi connectivity index (χ0v) is 11.7. The average Bonchev–Trinajstić information content (AvgIpc) is 3.14. The van der Waals surface area contributed by atoms with Gasteiger partial charge < -0.3 is 4.74 Å². The average molecular weight is 290 g/mol. The monoisotopic (exact) mass is 289 g/mol. The Balaban J connectivity index is 1.99. The summed E-state index contributed by atoms with van der Waals surface area (Å²) in [6.45, 7) is 2.70. The van der Waals surface area contributed by atoms with Crippen LogP contribution in [0.15, 0.2) is 18.2 Å². The molecule has 4 nitrogen and oxygen atoms in total. The van der Waals surface area contributed by atoms with Crippen LogP contribution >= 0.6 is 11.6 Å². The lowest BCUT2D eigenvalue weighted by Gasteiger charge is -2.09. The summed E-state index contributed by atoms with van der Waals surface area (Å²) in [6, 6.07) is 5.29. The smallest absolute Gasteiger partial charge is 0.214 e. The minimum absolute atomic E-state index is 0.198. The Kier molecular flexibility index (Phi) is 4.14. The predicted molar refractivity (Wildman–Crippen MR) is 71.4 cm³/mol. The normalized spacial score (nSPS) is 15.7. The molecule has 0 bridgehead atoms. The summed E-state index contributed by atoms with van der Waals surface area (Å²) in [5.74, 6) is 0.618. The molecule has 0 heterocycles. The lowest BCUT2D eigenvalue weighted by atomic mass is 10.2. The standard InChI is InChI=1S/C12H16ClNO3S/c1-2-17-12-6-3-9(7-11(12)13)8-14-18(15,16)10-4-5-10/h3,6-7,10,14H,2,4-5,8H2,1H3. The Morgan fingerprint density at radius 2 is 2.17 bits per heavy atom. The molecule has 0 spiro atoms. The van der Waals surface area contributed by atoms with Crippen molar-refractivity contribution >= 4 is 21.6 Å². The summed E-state index contributed by atoms with van der Waals surface area (Å²) < 4.78 is 31.2. The van der Waals surface area contributed by atoms with E-state index in [4.69, 9.17) is 16.3 Å². The zero-order chi connectivity index (χ0) is 13.2. The molecule has 1 aromatic rings. The summed E-state index contributed by atoms with van der Waals surface area (Å²) >= 11 is 6.03. The summed E-state index contributed by atoms with van der Waals surface area (Å²) in [7, 11) is -3.14. The SMILES string of the molecule is CCOc1ccc(CNS(=O)(=O)C2CC2)cc1Cl. The Morgan fingerprint density at radius 1 is 1.44 bits per heavy atom. The van der Waals surface area contributed by atoms with Crippen molar-refractivity contribution in [2.24, 2.45) is 0 Å². The molecular formula is C12H16ClNO3S. The van der Waals surface area contributed by atoms with Crippen LogP contribution in [0, 0.1) is 0 Å². The van der Waals surface area contributed by atoms with Crippen molar-refractivity contribution in [2.45, 2.75) is 31.6 Å². The van der Waals surface area contributed by atoms with Crippen molar-refractivity contribution < 1.29 is 13.2 Å². The first-order valence-electron chi connectivity index (χ1n) is 5.92. The second kappa shape index (κ2) is 5.47. The number of halogens is 1. The highest BCUT2D eigenvalue weighted by Gasteiger charge is 2.35. The summed E-state index contributed by atoms with van der Waals surface area (Å²) in [5, 5.41) is 0.302. The number of ether oxygens (including phenoxy) is 1. The Labute approximate surface area is 112 Å². The van der Waals surface area contributed by atoms with Crippen molar-refractivity contribution in [3.63, 3.8) is 0 Å². The molecule has 1 fully saturated rings. The van der Waals surface area contributed by atoms with E-state index in [1.165, 1.54) is 0 Å². The third-order valence-electron chi connectivity index (χ3n) is 2.74. The van der Waals surface area contributed by atoms with Gasteiger partial charge in [-0.2, -0.15) is 0 Å². The van der Waals surface area contributed by atoms with Gasteiger partial charge in [0.15, 0.2) is 0 Å². The van der Waals surface area contributed by atoms with Crippen molar-refractivity contribution in [1.29, 1.82) is 0 Å². The van der Waals surface area contributed by atoms with Gasteiger partial charge in [0.1, 0.15) is 5.75 Å². The number of sulfonamides is 1. The Bertz CT molecular complexity index is 526. The molecule has 18 heavy (non-hydrogen) atoms. The molecule has 6 heteroatoms. The fourth-order valence-electron chi connectivity index (χ4n) is 1.61. The van der Waals surface area contributed by atoms with E-state index in [0.29, 0.717) is 17.4 Å². The summed E-state index contributed by atoms with van der Waals surface area (Å²) in [6.07, 6.45) is 1.53. The maximum Gasteiger partial charge on any atom is 0.214 e. The Morgan fingerprint density at radius 3 is 2.72 bits per heavy atom. The van der Waals surface area contributed by atoms with Gasteiger partial charge >= 0.3 is 0 Å². The van der Waals surface area contributed by atoms with Crippen LogP contribution in [-0.4, -0.2) is 20.3 Å². The zero-order valence-electron chi connectivity index (χ0n) is 10.1. The molecule has 0 amide bonds. The molecule has 100 valence electrons. The molecule has 1 aliphatic rings. The van der Waals surface area contributed by atoms with E-state index in [-0.39, 0.29) is 11.8 Å². The topological polar surface area (TPSA) is 55.4 Å². The molecule has 1 saturated carbocycles. The molecule has 0 saturated heterocycles. The third-order valence-corrected chi connectivity index (χ3v) is 4.93. The van der Waals surface area contributed by atoms with Crippen molar-refractivity contribution in [2.75, 3.05) is 6.61 Å². The van der Waals surface area contributed by atoms with Gasteiger partial charge in [-0.15, -0.1) is 0 Å². The molecule has 1 N–H and O–H groups in total. The van der Waals surface area contributed by atoms with Gasteiger partial charge in [-0.3, -0.25) is 0 Å². The van der Waals surface area contributed by atoms with Crippen LogP contribution in [0.25, 0.3) is 0 Å². The van der Waals surface area contributed by atoms with Crippen molar-refractivity contribution in [1.82, 2.24) is 4.72 Å². The van der Waals surface area contributed by atoms with Gasteiger partial charge in [-0.05, 0) is 37.5 Å². The number of nitrogens with one attached hydrogen (secondary N) is 1. The fourth-order valence-corrected chi connectivity index (χ4v) is 3.22. The minimum atomic E-state index is -3.14. The van der Waals surface area contributed by atoms with Crippen LogP contribution in [0.4, 0.5) is 0 Å². The van der Waals surface area contributed by atoms with E-state index >= 15 is 0 Å². The highest BCUT2D eigenvalue weighted by atomic mass is 35.5. The number of hydrogen-bond donors (Lipinski definition) is 1. The minimum Gasteiger partial charge on any atom is -0.492 e. The van der Waals surface area contributed by atoms with Gasteiger partial charge in [0.05, 0.1) is 16.9 Å². The molecule has 0 radical (unpaired) electrons. The number of rotatable bonds is 6. The van der Waals surface area contributed by atoms with Crippen LogP contribution in [0.5, 0.6) is 5.75 Å². The van der Waals surface area contributed by atoms with Gasteiger partial charge in [0, 0.05) is 6.54 Å². The quantitative estimate of drug-likeness (QED) is 0.874. The van der Waals surface area contributed by atoms with E-state index in [1.807, 2.05) is 13.0 Å². The largest absolute Gasteiger partial charge is 0.492 e. The lowest BCUT2D eigenvalue weighted by Crippen LogP contribution is -2.26. The second-order valence-electron chi connectivity index (χ2n) is 4.26. The van der Waals surface area contributed by atoms with Crippen LogP contribution in [0.3, 0.4) is 0 Å². The summed E-state index contributed by atoms with van der Waals surface area (Å²) in [4.78, 5) is 0. The first-order valence-corrected chi connectivity index (χ1v) is 7.85. The van der Waals surface area contributed by atoms with Gasteiger partial charge in [-0.1, -0.05) is 17.7 Å². The van der Waals surface area contributed by atoms with E-state index in [9.17, 15) is 8.42 Å². The lowest BCUT2D eigenvalue weighted by molar-refractivity contribution is 0.340. The van der Waals surface area contributed by atoms with Crippen molar-refractivity contribution in [3.8, 4) is 5.75 Å². The predicted octanol–water partition coefficient (Wildman–Crippen LogP) is 2.32. The fraction of sp³-hybridized carbons (Fsp3) is 0.500. The molecule has 0 atom stereocenters. The van der Waals surface area contributed by atoms with Crippen molar-refractivity contribution in [3.05, 3.63) is 28.8 Å².